The lowest BCUT2D eigenvalue weighted by atomic mass is 9.99. The Morgan fingerprint density at radius 2 is 1.93 bits per heavy atom. The molecule has 0 atom stereocenters. The summed E-state index contributed by atoms with van der Waals surface area (Å²) >= 11 is 4.89. The minimum atomic E-state index is -0.427. The molecule has 7 heteroatoms. The van der Waals surface area contributed by atoms with Crippen molar-refractivity contribution in [1.29, 1.82) is 0 Å². The number of amides is 1. The Labute approximate surface area is 176 Å². The van der Waals surface area contributed by atoms with E-state index in [1.165, 1.54) is 11.8 Å². The molecule has 0 unspecified atom stereocenters. The van der Waals surface area contributed by atoms with Crippen molar-refractivity contribution in [3.63, 3.8) is 0 Å². The first-order valence-corrected chi connectivity index (χ1v) is 10.6. The third kappa shape index (κ3) is 5.02. The van der Waals surface area contributed by atoms with Crippen LogP contribution in [0.5, 0.6) is 0 Å². The lowest BCUT2D eigenvalue weighted by molar-refractivity contribution is -0.139. The van der Waals surface area contributed by atoms with Gasteiger partial charge in [0.05, 0.1) is 5.75 Å². The van der Waals surface area contributed by atoms with Gasteiger partial charge in [0.15, 0.2) is 12.4 Å². The predicted molar refractivity (Wildman–Crippen MR) is 113 cm³/mol. The number of carbonyl (C=O) groups excluding carboxylic acids is 3. The van der Waals surface area contributed by atoms with E-state index in [-0.39, 0.29) is 24.1 Å². The molecule has 1 N–H and O–H groups in total. The minimum Gasteiger partial charge on any atom is -0.457 e. The number of aryl methyl sites for hydroxylation is 3. The van der Waals surface area contributed by atoms with Crippen LogP contribution in [0.3, 0.4) is 0 Å². The molecule has 1 aliphatic heterocycles. The summed E-state index contributed by atoms with van der Waals surface area (Å²) in [5, 5.41) is 2.78. The summed E-state index contributed by atoms with van der Waals surface area (Å²) in [6.07, 6.45) is 1.01. The molecule has 0 fully saturated rings. The third-order valence-electron chi connectivity index (χ3n) is 4.49. The number of thioether (sulfide) groups is 1. The topological polar surface area (TPSA) is 72.5 Å². The van der Waals surface area contributed by atoms with Crippen LogP contribution < -0.4 is 5.32 Å². The van der Waals surface area contributed by atoms with Crippen LogP contribution >= 0.6 is 27.7 Å². The summed E-state index contributed by atoms with van der Waals surface area (Å²) in [4.78, 5) is 36.8. The molecule has 28 heavy (non-hydrogen) atoms. The minimum absolute atomic E-state index is 0.0192. The molecule has 1 amide bonds. The molecule has 5 nitrogen and oxygen atoms in total. The van der Waals surface area contributed by atoms with Crippen LogP contribution in [-0.2, 0) is 20.7 Å². The van der Waals surface area contributed by atoms with Gasteiger partial charge in [0.1, 0.15) is 0 Å². The van der Waals surface area contributed by atoms with Gasteiger partial charge in [-0.15, -0.1) is 11.8 Å². The Balaban J connectivity index is 1.53. The Bertz CT molecular complexity index is 958. The summed E-state index contributed by atoms with van der Waals surface area (Å²) in [6, 6.07) is 9.16. The third-order valence-corrected chi connectivity index (χ3v) is 6.47. The van der Waals surface area contributed by atoms with Gasteiger partial charge in [-0.25, -0.2) is 0 Å². The Kier molecular flexibility index (Phi) is 6.57. The van der Waals surface area contributed by atoms with Crippen LogP contribution in [0, 0.1) is 13.8 Å². The first-order chi connectivity index (χ1) is 13.3. The van der Waals surface area contributed by atoms with E-state index in [0.29, 0.717) is 18.4 Å². The molecule has 0 bridgehead atoms. The lowest BCUT2D eigenvalue weighted by Gasteiger charge is -2.17. The van der Waals surface area contributed by atoms with Gasteiger partial charge >= 0.3 is 5.97 Å². The number of Topliss-reactive ketones (excluding diaryl/α,β-unsaturated/α-hetero) is 1. The molecular formula is C21H20BrNO4S. The van der Waals surface area contributed by atoms with E-state index in [2.05, 4.69) is 21.2 Å². The van der Waals surface area contributed by atoms with Crippen LogP contribution in [0.25, 0.3) is 0 Å². The number of fused-ring (bicyclic) bond motifs is 1. The summed E-state index contributed by atoms with van der Waals surface area (Å²) in [6.45, 7) is 3.69. The number of halogens is 1. The maximum atomic E-state index is 12.3. The monoisotopic (exact) mass is 461 g/mol. The van der Waals surface area contributed by atoms with Gasteiger partial charge in [0.25, 0.3) is 0 Å². The number of nitrogens with one attached hydrogen (secondary N) is 1. The Morgan fingerprint density at radius 1 is 1.14 bits per heavy atom. The number of esters is 1. The number of hydrogen-bond acceptors (Lipinski definition) is 5. The fraction of sp³-hybridized carbons (Fsp3) is 0.286. The first kappa shape index (κ1) is 20.6. The molecule has 3 rings (SSSR count). The maximum Gasteiger partial charge on any atom is 0.316 e. The highest BCUT2D eigenvalue weighted by atomic mass is 79.9. The van der Waals surface area contributed by atoms with Gasteiger partial charge < -0.3 is 10.1 Å². The molecule has 0 saturated carbocycles. The van der Waals surface area contributed by atoms with Gasteiger partial charge in [-0.3, -0.25) is 14.4 Å². The number of ketones is 1. The van der Waals surface area contributed by atoms with E-state index in [9.17, 15) is 14.4 Å². The molecule has 1 aliphatic rings. The Morgan fingerprint density at radius 3 is 2.71 bits per heavy atom. The summed E-state index contributed by atoms with van der Waals surface area (Å²) in [7, 11) is 0. The van der Waals surface area contributed by atoms with E-state index in [1.54, 1.807) is 18.2 Å². The predicted octanol–water partition coefficient (Wildman–Crippen LogP) is 4.47. The van der Waals surface area contributed by atoms with Gasteiger partial charge in [0, 0.05) is 27.0 Å². The van der Waals surface area contributed by atoms with Crippen molar-refractivity contribution in [3.05, 3.63) is 57.1 Å². The smallest absolute Gasteiger partial charge is 0.316 e. The van der Waals surface area contributed by atoms with E-state index in [0.717, 1.165) is 31.7 Å². The van der Waals surface area contributed by atoms with Crippen molar-refractivity contribution < 1.29 is 19.1 Å². The van der Waals surface area contributed by atoms with Crippen molar-refractivity contribution >= 4 is 51.0 Å². The second-order valence-electron chi connectivity index (χ2n) is 6.66. The van der Waals surface area contributed by atoms with Crippen molar-refractivity contribution in [2.75, 3.05) is 17.7 Å². The standard InChI is InChI=1S/C21H20BrNO4S/c1-12-8-19(13(2)7-16(12)22)28-11-21(26)27-10-18(24)15-3-5-17-14(9-15)4-6-20(25)23-17/h3,5,7-9H,4,6,10-11H2,1-2H3,(H,23,25). The number of ether oxygens (including phenoxy) is 1. The zero-order valence-corrected chi connectivity index (χ0v) is 18.0. The summed E-state index contributed by atoms with van der Waals surface area (Å²) < 4.78 is 6.18. The molecule has 0 aliphatic carbocycles. The van der Waals surface area contributed by atoms with E-state index >= 15 is 0 Å². The molecule has 0 saturated heterocycles. The average Bonchev–Trinajstić information content (AvgIpc) is 2.67. The molecule has 2 aromatic rings. The zero-order chi connectivity index (χ0) is 20.3. The van der Waals surface area contributed by atoms with E-state index < -0.39 is 5.97 Å². The molecule has 0 radical (unpaired) electrons. The molecule has 1 heterocycles. The van der Waals surface area contributed by atoms with Crippen LogP contribution in [0.4, 0.5) is 5.69 Å². The van der Waals surface area contributed by atoms with Crippen molar-refractivity contribution in [3.8, 4) is 0 Å². The second-order valence-corrected chi connectivity index (χ2v) is 8.53. The number of rotatable bonds is 6. The van der Waals surface area contributed by atoms with Gasteiger partial charge in [0.2, 0.25) is 5.91 Å². The normalized spacial score (nSPS) is 12.9. The highest BCUT2D eigenvalue weighted by Gasteiger charge is 2.17. The fourth-order valence-electron chi connectivity index (χ4n) is 2.87. The number of benzene rings is 2. The van der Waals surface area contributed by atoms with Crippen molar-refractivity contribution in [1.82, 2.24) is 0 Å². The van der Waals surface area contributed by atoms with Crippen molar-refractivity contribution in [2.24, 2.45) is 0 Å². The van der Waals surface area contributed by atoms with Gasteiger partial charge in [-0.2, -0.15) is 0 Å². The summed E-state index contributed by atoms with van der Waals surface area (Å²) in [5.41, 5.74) is 4.32. The molecule has 2 aromatic carbocycles. The van der Waals surface area contributed by atoms with E-state index in [1.807, 2.05) is 26.0 Å². The van der Waals surface area contributed by atoms with Gasteiger partial charge in [-0.1, -0.05) is 15.9 Å². The SMILES string of the molecule is Cc1cc(SCC(=O)OCC(=O)c2ccc3c(c2)CCC(=O)N3)c(C)cc1Br. The van der Waals surface area contributed by atoms with Gasteiger partial charge in [-0.05, 0) is 67.3 Å². The quantitative estimate of drug-likeness (QED) is 0.390. The largest absolute Gasteiger partial charge is 0.457 e. The number of carbonyl (C=O) groups is 3. The lowest BCUT2D eigenvalue weighted by Crippen LogP contribution is -2.20. The highest BCUT2D eigenvalue weighted by Crippen LogP contribution is 2.28. The number of hydrogen-bond donors (Lipinski definition) is 1. The average molecular weight is 462 g/mol. The first-order valence-electron chi connectivity index (χ1n) is 8.84. The fourth-order valence-corrected chi connectivity index (χ4v) is 4.24. The molecule has 146 valence electrons. The molecule has 0 spiro atoms. The van der Waals surface area contributed by atoms with E-state index in [4.69, 9.17) is 4.74 Å². The highest BCUT2D eigenvalue weighted by molar-refractivity contribution is 9.10. The zero-order valence-electron chi connectivity index (χ0n) is 15.6. The second kappa shape index (κ2) is 8.92. The van der Waals surface area contributed by atoms with Crippen LogP contribution in [-0.4, -0.2) is 30.0 Å². The molecular weight excluding hydrogens is 442 g/mol. The summed E-state index contributed by atoms with van der Waals surface area (Å²) in [5.74, 6) is -0.558. The van der Waals surface area contributed by atoms with Crippen LogP contribution in [0.2, 0.25) is 0 Å². The van der Waals surface area contributed by atoms with Crippen molar-refractivity contribution in [2.45, 2.75) is 31.6 Å². The number of anilines is 1. The Hall–Kier alpha value is -2.12. The van der Waals surface area contributed by atoms with Crippen LogP contribution in [0.15, 0.2) is 39.7 Å². The van der Waals surface area contributed by atoms with Crippen LogP contribution in [0.1, 0.15) is 33.5 Å². The maximum absolute atomic E-state index is 12.3. The molecule has 0 aromatic heterocycles.